The van der Waals surface area contributed by atoms with Gasteiger partial charge >= 0.3 is 0 Å². The Hall–Kier alpha value is -2.36. The Balaban J connectivity index is 1.81. The van der Waals surface area contributed by atoms with Gasteiger partial charge in [-0.25, -0.2) is 0 Å². The predicted octanol–water partition coefficient (Wildman–Crippen LogP) is 2.84. The molecule has 0 amide bonds. The van der Waals surface area contributed by atoms with Crippen LogP contribution in [0.15, 0.2) is 42.5 Å². The number of ether oxygens (including phenoxy) is 2. The summed E-state index contributed by atoms with van der Waals surface area (Å²) in [6.45, 7) is 0.772. The number of benzene rings is 2. The lowest BCUT2D eigenvalue weighted by atomic mass is 10.0. The Morgan fingerprint density at radius 1 is 1.29 bits per heavy atom. The maximum atomic E-state index is 9.58. The maximum absolute atomic E-state index is 9.58. The third-order valence-corrected chi connectivity index (χ3v) is 3.77. The van der Waals surface area contributed by atoms with E-state index in [0.29, 0.717) is 0 Å². The van der Waals surface area contributed by atoms with E-state index in [4.69, 9.17) is 9.47 Å². The lowest BCUT2D eigenvalue weighted by Crippen LogP contribution is -2.39. The minimum absolute atomic E-state index is 0.0587. The fraction of sp³-hybridized carbons (Fsp3) is 0.294. The fourth-order valence-corrected chi connectivity index (χ4v) is 2.75. The largest absolute Gasteiger partial charge is 0.508 e. The van der Waals surface area contributed by atoms with Crippen LogP contribution >= 0.6 is 0 Å². The Morgan fingerprint density at radius 2 is 2.10 bits per heavy atom. The van der Waals surface area contributed by atoms with E-state index in [9.17, 15) is 5.11 Å². The molecule has 110 valence electrons. The van der Waals surface area contributed by atoms with E-state index in [1.165, 1.54) is 0 Å². The van der Waals surface area contributed by atoms with Gasteiger partial charge in [0.1, 0.15) is 23.4 Å². The van der Waals surface area contributed by atoms with Crippen LogP contribution in [0, 0.1) is 0 Å². The molecule has 0 aliphatic carbocycles. The second-order valence-corrected chi connectivity index (χ2v) is 5.29. The number of phenolic OH excluding ortho intramolecular Hbond substituents is 1. The molecule has 1 aliphatic rings. The summed E-state index contributed by atoms with van der Waals surface area (Å²) >= 11 is 0. The predicted molar refractivity (Wildman–Crippen MR) is 82.5 cm³/mol. The summed E-state index contributed by atoms with van der Waals surface area (Å²) in [4.78, 5) is 2.11. The van der Waals surface area contributed by atoms with Crippen LogP contribution in [0.2, 0.25) is 0 Å². The molecule has 1 unspecified atom stereocenters. The molecule has 4 nitrogen and oxygen atoms in total. The van der Waals surface area contributed by atoms with Crippen LogP contribution in [0.4, 0.5) is 5.69 Å². The molecule has 0 bridgehead atoms. The van der Waals surface area contributed by atoms with Gasteiger partial charge in [-0.3, -0.25) is 0 Å². The molecular formula is C17H19NO3. The number of aromatic hydroxyl groups is 1. The molecular weight excluding hydrogens is 266 g/mol. The Kier molecular flexibility index (Phi) is 3.60. The third-order valence-electron chi connectivity index (χ3n) is 3.77. The number of para-hydroxylation sites is 1. The molecule has 2 aromatic carbocycles. The third kappa shape index (κ3) is 2.75. The highest BCUT2D eigenvalue weighted by molar-refractivity contribution is 5.62. The van der Waals surface area contributed by atoms with E-state index in [2.05, 4.69) is 11.0 Å². The van der Waals surface area contributed by atoms with Crippen molar-refractivity contribution in [3.05, 3.63) is 48.0 Å². The number of phenols is 1. The summed E-state index contributed by atoms with van der Waals surface area (Å²) < 4.78 is 11.4. The van der Waals surface area contributed by atoms with E-state index in [1.807, 2.05) is 31.3 Å². The quantitative estimate of drug-likeness (QED) is 0.941. The van der Waals surface area contributed by atoms with Gasteiger partial charge in [0.2, 0.25) is 0 Å². The summed E-state index contributed by atoms with van der Waals surface area (Å²) in [5.74, 6) is 1.95. The molecule has 1 N–H and O–H groups in total. The number of hydrogen-bond acceptors (Lipinski definition) is 4. The molecule has 2 aromatic rings. The number of nitrogens with zero attached hydrogens (tertiary/aromatic N) is 1. The second kappa shape index (κ2) is 5.56. The maximum Gasteiger partial charge on any atom is 0.143 e. The average Bonchev–Trinajstić information content (AvgIpc) is 2.49. The Morgan fingerprint density at radius 3 is 2.90 bits per heavy atom. The molecule has 4 heteroatoms. The molecule has 21 heavy (non-hydrogen) atoms. The van der Waals surface area contributed by atoms with Gasteiger partial charge in [-0.05, 0) is 23.8 Å². The summed E-state index contributed by atoms with van der Waals surface area (Å²) in [5.41, 5.74) is 2.06. The molecule has 0 saturated carbocycles. The number of rotatable bonds is 3. The van der Waals surface area contributed by atoms with Crippen LogP contribution < -0.4 is 14.4 Å². The zero-order valence-corrected chi connectivity index (χ0v) is 12.2. The van der Waals surface area contributed by atoms with Gasteiger partial charge in [-0.2, -0.15) is 0 Å². The molecule has 3 rings (SSSR count). The first-order valence-corrected chi connectivity index (χ1v) is 7.00. The van der Waals surface area contributed by atoms with Gasteiger partial charge in [0, 0.05) is 19.5 Å². The van der Waals surface area contributed by atoms with Gasteiger partial charge in [-0.15, -0.1) is 0 Å². The highest BCUT2D eigenvalue weighted by Gasteiger charge is 2.24. The molecule has 1 aliphatic heterocycles. The number of hydrogen-bond donors (Lipinski definition) is 1. The summed E-state index contributed by atoms with van der Waals surface area (Å²) in [6.07, 6.45) is 0.845. The van der Waals surface area contributed by atoms with Gasteiger partial charge < -0.3 is 19.5 Å². The number of methoxy groups -OCH3 is 1. The van der Waals surface area contributed by atoms with Crippen molar-refractivity contribution in [3.8, 4) is 17.2 Å². The number of anilines is 1. The van der Waals surface area contributed by atoms with Crippen LogP contribution in [0.3, 0.4) is 0 Å². The minimum atomic E-state index is 0.0587. The van der Waals surface area contributed by atoms with E-state index >= 15 is 0 Å². The first kappa shape index (κ1) is 13.6. The normalized spacial score (nSPS) is 17.0. The minimum Gasteiger partial charge on any atom is -0.508 e. The fourth-order valence-electron chi connectivity index (χ4n) is 2.75. The van der Waals surface area contributed by atoms with E-state index in [0.717, 1.165) is 35.7 Å². The van der Waals surface area contributed by atoms with Crippen LogP contribution in [-0.4, -0.2) is 31.9 Å². The van der Waals surface area contributed by atoms with Gasteiger partial charge in [0.15, 0.2) is 0 Å². The average molecular weight is 285 g/mol. The van der Waals surface area contributed by atoms with Crippen LogP contribution in [0.5, 0.6) is 17.2 Å². The molecule has 1 heterocycles. The van der Waals surface area contributed by atoms with Crippen LogP contribution in [0.1, 0.15) is 5.56 Å². The van der Waals surface area contributed by atoms with Crippen molar-refractivity contribution in [1.82, 2.24) is 0 Å². The van der Waals surface area contributed by atoms with Crippen molar-refractivity contribution in [3.63, 3.8) is 0 Å². The summed E-state index contributed by atoms with van der Waals surface area (Å²) in [6, 6.07) is 13.2. The summed E-state index contributed by atoms with van der Waals surface area (Å²) in [7, 11) is 3.70. The highest BCUT2D eigenvalue weighted by atomic mass is 16.5. The monoisotopic (exact) mass is 285 g/mol. The number of fused-ring (bicyclic) bond motifs is 1. The number of likely N-dealkylation sites (N-methyl/N-ethyl adjacent to an activating group) is 1. The molecule has 0 radical (unpaired) electrons. The smallest absolute Gasteiger partial charge is 0.143 e. The van der Waals surface area contributed by atoms with Crippen molar-refractivity contribution in [2.45, 2.75) is 12.5 Å². The zero-order chi connectivity index (χ0) is 14.8. The highest BCUT2D eigenvalue weighted by Crippen LogP contribution is 2.36. The van der Waals surface area contributed by atoms with Gasteiger partial charge in [-0.1, -0.05) is 18.2 Å². The Labute approximate surface area is 124 Å². The molecule has 0 aromatic heterocycles. The molecule has 0 fully saturated rings. The van der Waals surface area contributed by atoms with Crippen molar-refractivity contribution in [1.29, 1.82) is 0 Å². The zero-order valence-electron chi connectivity index (χ0n) is 12.2. The topological polar surface area (TPSA) is 41.9 Å². The standard InChI is InChI=1S/C17H19NO3/c1-18-11-14(9-12-5-3-4-6-16(12)20-2)21-17-8-7-13(19)10-15(17)18/h3-8,10,14,19H,9,11H2,1-2H3. The van der Waals surface area contributed by atoms with Crippen molar-refractivity contribution >= 4 is 5.69 Å². The van der Waals surface area contributed by atoms with Crippen molar-refractivity contribution in [2.24, 2.45) is 0 Å². The van der Waals surface area contributed by atoms with E-state index < -0.39 is 0 Å². The first-order chi connectivity index (χ1) is 10.2. The van der Waals surface area contributed by atoms with Gasteiger partial charge in [0.05, 0.1) is 19.3 Å². The Bertz CT molecular complexity index is 642. The molecule has 1 atom stereocenters. The van der Waals surface area contributed by atoms with E-state index in [-0.39, 0.29) is 11.9 Å². The molecule has 0 saturated heterocycles. The molecule has 0 spiro atoms. The second-order valence-electron chi connectivity index (χ2n) is 5.29. The van der Waals surface area contributed by atoms with Crippen molar-refractivity contribution in [2.75, 3.05) is 25.6 Å². The lowest BCUT2D eigenvalue weighted by molar-refractivity contribution is 0.194. The summed E-state index contributed by atoms with van der Waals surface area (Å²) in [5, 5.41) is 9.58. The first-order valence-electron chi connectivity index (χ1n) is 7.00. The lowest BCUT2D eigenvalue weighted by Gasteiger charge is -2.34. The van der Waals surface area contributed by atoms with E-state index in [1.54, 1.807) is 19.2 Å². The SMILES string of the molecule is COc1ccccc1CC1CN(C)c2cc(O)ccc2O1. The van der Waals surface area contributed by atoms with Crippen LogP contribution in [0.25, 0.3) is 0 Å². The van der Waals surface area contributed by atoms with Gasteiger partial charge in [0.25, 0.3) is 0 Å². The van der Waals surface area contributed by atoms with Crippen LogP contribution in [-0.2, 0) is 6.42 Å². The van der Waals surface area contributed by atoms with Crippen molar-refractivity contribution < 1.29 is 14.6 Å².